The number of aromatic nitrogens is 4. The van der Waals surface area contributed by atoms with Gasteiger partial charge in [0.2, 0.25) is 0 Å². The largest absolute Gasteiger partial charge is 0.463 e. The van der Waals surface area contributed by atoms with E-state index in [-0.39, 0.29) is 54.2 Å². The number of ether oxygens (including phenoxy) is 2. The van der Waals surface area contributed by atoms with Crippen molar-refractivity contribution in [3.05, 3.63) is 81.7 Å². The van der Waals surface area contributed by atoms with Crippen molar-refractivity contribution < 1.29 is 28.3 Å². The zero-order valence-corrected chi connectivity index (χ0v) is 38.2. The molecule has 5 aliphatic heterocycles. The van der Waals surface area contributed by atoms with Crippen LogP contribution in [0.3, 0.4) is 0 Å². The number of carbonyl (C=O) groups is 3. The third-order valence-electron chi connectivity index (χ3n) is 13.6. The molecule has 320 valence electrons. The van der Waals surface area contributed by atoms with Crippen LogP contribution in [-0.2, 0) is 18.7 Å². The number of hydrogen-bond acceptors (Lipinski definition) is 9. The molecule has 7 heterocycles. The van der Waals surface area contributed by atoms with Gasteiger partial charge >= 0.3 is 5.97 Å². The Morgan fingerprint density at radius 1 is 0.950 bits per heavy atom. The zero-order chi connectivity index (χ0) is 43.3. The summed E-state index contributed by atoms with van der Waals surface area (Å²) in [7, 11) is -1.99. The number of morpholine rings is 1. The molecule has 2 aromatic rings. The van der Waals surface area contributed by atoms with Crippen LogP contribution in [0.15, 0.2) is 30.9 Å². The SMILES string of the molecule is C=CC1=C(C)c2cc3[nH]c(c4c5[nH]c(cc6nc(cc1n2)C(C)=C6CC)c(C)c5C(=O)N(CCN1CCOCC1)C4=O)[C@@H](CCC(=O)OCCO[Si](C)(C)C(C)(C)C)[C@@H]3C. The van der Waals surface area contributed by atoms with Crippen LogP contribution >= 0.6 is 0 Å². The molecule has 0 saturated carbocycles. The van der Waals surface area contributed by atoms with Gasteiger partial charge in [-0.2, -0.15) is 0 Å². The Hall–Kier alpha value is -4.69. The van der Waals surface area contributed by atoms with Crippen molar-refractivity contribution in [3.8, 4) is 0 Å². The summed E-state index contributed by atoms with van der Waals surface area (Å²) >= 11 is 0. The summed E-state index contributed by atoms with van der Waals surface area (Å²) in [6.45, 7) is 29.3. The van der Waals surface area contributed by atoms with Crippen LogP contribution in [0.1, 0.15) is 140 Å². The molecule has 0 aromatic carbocycles. The second-order valence-corrected chi connectivity index (χ2v) is 23.0. The molecule has 2 atom stereocenters. The highest BCUT2D eigenvalue weighted by Crippen LogP contribution is 2.45. The van der Waals surface area contributed by atoms with Gasteiger partial charge in [0.15, 0.2) is 8.32 Å². The molecule has 0 aliphatic carbocycles. The highest BCUT2D eigenvalue weighted by atomic mass is 28.4. The molecule has 5 aliphatic rings. The molecular weight excluding hydrogens is 773 g/mol. The van der Waals surface area contributed by atoms with Crippen molar-refractivity contribution in [1.29, 1.82) is 0 Å². The van der Waals surface area contributed by atoms with E-state index < -0.39 is 8.32 Å². The highest BCUT2D eigenvalue weighted by molar-refractivity contribution is 6.74. The first-order chi connectivity index (χ1) is 28.4. The van der Waals surface area contributed by atoms with Gasteiger partial charge in [-0.05, 0) is 92.2 Å². The first-order valence-corrected chi connectivity index (χ1v) is 24.4. The van der Waals surface area contributed by atoms with Gasteiger partial charge in [0.05, 0.1) is 59.2 Å². The summed E-state index contributed by atoms with van der Waals surface area (Å²) < 4.78 is 17.6. The predicted octanol–water partition coefficient (Wildman–Crippen LogP) is 8.96. The Kier molecular flexibility index (Phi) is 12.3. The van der Waals surface area contributed by atoms with E-state index in [1.54, 1.807) is 0 Å². The number of carbonyl (C=O) groups excluding carboxylic acids is 3. The van der Waals surface area contributed by atoms with Gasteiger partial charge in [0, 0.05) is 66.9 Å². The van der Waals surface area contributed by atoms with Crippen LogP contribution in [0.5, 0.6) is 0 Å². The first kappa shape index (κ1) is 43.4. The number of imide groups is 1. The van der Waals surface area contributed by atoms with E-state index in [9.17, 15) is 9.59 Å². The molecule has 2 N–H and O–H groups in total. The number of esters is 1. The third kappa shape index (κ3) is 8.09. The number of nitrogens with zero attached hydrogens (tertiary/aromatic N) is 4. The first-order valence-electron chi connectivity index (χ1n) is 21.5. The van der Waals surface area contributed by atoms with E-state index in [0.29, 0.717) is 55.1 Å². The molecule has 8 bridgehead atoms. The minimum atomic E-state index is -1.99. The molecule has 7 rings (SSSR count). The standard InChI is InChI=1S/C47H62N6O6Si/c1-12-31-27(3)34-24-36-29(5)33(14-15-40(54)58-22-23-59-60(10,11)47(7,8)9)43(50-36)42-44-41(45(55)53(46(42)56)17-16-52-18-20-57-21-19-52)30(6)37(51-44)26-39-32(13-2)28(4)35(49-39)25-38(31)48-34/h12,24-26,29,33,50-51H,1,13-23H2,2-11H3/t29-,33-/m0/s1. The quantitative estimate of drug-likeness (QED) is 0.0928. The number of aromatic amines is 2. The van der Waals surface area contributed by atoms with E-state index in [0.717, 1.165) is 81.4 Å². The molecule has 12 nitrogen and oxygen atoms in total. The lowest BCUT2D eigenvalue weighted by Gasteiger charge is -2.36. The number of aryl methyl sites for hydroxylation is 1. The number of nitrogens with one attached hydrogen (secondary N) is 2. The maximum Gasteiger partial charge on any atom is 0.305 e. The zero-order valence-electron chi connectivity index (χ0n) is 37.2. The second-order valence-electron chi connectivity index (χ2n) is 18.2. The summed E-state index contributed by atoms with van der Waals surface area (Å²) in [5.41, 5.74) is 11.7. The van der Waals surface area contributed by atoms with Crippen LogP contribution in [0.25, 0.3) is 33.3 Å². The van der Waals surface area contributed by atoms with Gasteiger partial charge in [0.1, 0.15) is 6.61 Å². The van der Waals surface area contributed by atoms with E-state index in [2.05, 4.69) is 82.1 Å². The van der Waals surface area contributed by atoms with Gasteiger partial charge in [-0.25, -0.2) is 9.97 Å². The second kappa shape index (κ2) is 17.0. The molecule has 60 heavy (non-hydrogen) atoms. The number of rotatable bonds is 12. The fourth-order valence-corrected chi connectivity index (χ4v) is 9.74. The Morgan fingerprint density at radius 3 is 2.32 bits per heavy atom. The third-order valence-corrected chi connectivity index (χ3v) is 18.1. The van der Waals surface area contributed by atoms with Crippen molar-refractivity contribution in [1.82, 2.24) is 29.7 Å². The minimum absolute atomic E-state index is 0.0499. The Bertz CT molecular complexity index is 2370. The number of allylic oxidation sites excluding steroid dienone is 5. The van der Waals surface area contributed by atoms with E-state index >= 15 is 4.79 Å². The van der Waals surface area contributed by atoms with Gasteiger partial charge in [-0.1, -0.05) is 47.3 Å². The molecular formula is C47H62N6O6Si. The lowest BCUT2D eigenvalue weighted by molar-refractivity contribution is -0.144. The maximum absolute atomic E-state index is 15.0. The minimum Gasteiger partial charge on any atom is -0.463 e. The topological polar surface area (TPSA) is 143 Å². The fourth-order valence-electron chi connectivity index (χ4n) is 8.71. The van der Waals surface area contributed by atoms with Gasteiger partial charge < -0.3 is 23.9 Å². The van der Waals surface area contributed by atoms with Crippen LogP contribution < -0.4 is 0 Å². The van der Waals surface area contributed by atoms with Crippen LogP contribution in [0.2, 0.25) is 18.1 Å². The van der Waals surface area contributed by atoms with Gasteiger partial charge in [-0.15, -0.1) is 0 Å². The summed E-state index contributed by atoms with van der Waals surface area (Å²) in [6.07, 6.45) is 3.16. The lowest BCUT2D eigenvalue weighted by Crippen LogP contribution is -2.47. The van der Waals surface area contributed by atoms with Crippen molar-refractivity contribution in [2.45, 2.75) is 105 Å². The van der Waals surface area contributed by atoms with E-state index in [4.69, 9.17) is 23.9 Å². The Labute approximate surface area is 355 Å². The number of amides is 2. The van der Waals surface area contributed by atoms with Gasteiger partial charge in [-0.3, -0.25) is 24.2 Å². The molecule has 1 saturated heterocycles. The normalized spacial score (nSPS) is 19.3. The summed E-state index contributed by atoms with van der Waals surface area (Å²) in [6, 6.07) is 6.09. The molecule has 1 fully saturated rings. The van der Waals surface area contributed by atoms with E-state index in [1.165, 1.54) is 4.90 Å². The van der Waals surface area contributed by atoms with Crippen molar-refractivity contribution >= 4 is 59.4 Å². The van der Waals surface area contributed by atoms with E-state index in [1.807, 2.05) is 32.1 Å². The van der Waals surface area contributed by atoms with Gasteiger partial charge in [0.25, 0.3) is 11.8 Å². The molecule has 2 aromatic heterocycles. The fraction of sp³-hybridized carbons (Fsp3) is 0.511. The van der Waals surface area contributed by atoms with Crippen molar-refractivity contribution in [2.24, 2.45) is 0 Å². The summed E-state index contributed by atoms with van der Waals surface area (Å²) in [5, 5.41) is 0.0499. The number of hydrogen-bond donors (Lipinski definition) is 2. The van der Waals surface area contributed by atoms with Crippen molar-refractivity contribution in [2.75, 3.05) is 52.6 Å². The monoisotopic (exact) mass is 834 g/mol. The van der Waals surface area contributed by atoms with Crippen molar-refractivity contribution in [3.63, 3.8) is 0 Å². The average molecular weight is 835 g/mol. The molecule has 0 spiro atoms. The summed E-state index contributed by atoms with van der Waals surface area (Å²) in [5.74, 6) is -1.43. The molecule has 13 heteroatoms. The Balaban J connectivity index is 1.38. The van der Waals surface area contributed by atoms with Crippen LogP contribution in [0.4, 0.5) is 0 Å². The molecule has 0 unspecified atom stereocenters. The number of fused-ring (bicyclic) bond motifs is 8. The van der Waals surface area contributed by atoms with Crippen LogP contribution in [-0.4, -0.2) is 108 Å². The van der Waals surface area contributed by atoms with Crippen LogP contribution in [0, 0.1) is 6.92 Å². The highest BCUT2D eigenvalue weighted by Gasteiger charge is 2.41. The number of H-pyrrole nitrogens is 2. The molecule has 0 radical (unpaired) electrons. The average Bonchev–Trinajstić information content (AvgIpc) is 3.88. The molecule has 2 amide bonds. The Morgan fingerprint density at radius 2 is 1.63 bits per heavy atom. The summed E-state index contributed by atoms with van der Waals surface area (Å²) in [4.78, 5) is 64.2. The maximum atomic E-state index is 15.0. The lowest BCUT2D eigenvalue weighted by atomic mass is 9.84. The smallest absolute Gasteiger partial charge is 0.305 e. The predicted molar refractivity (Wildman–Crippen MR) is 240 cm³/mol.